The van der Waals surface area contributed by atoms with Crippen LogP contribution in [-0.4, -0.2) is 41.3 Å². The van der Waals surface area contributed by atoms with E-state index in [0.29, 0.717) is 6.54 Å². The Kier molecular flexibility index (Phi) is 5.11. The van der Waals surface area contributed by atoms with Gasteiger partial charge in [-0.05, 0) is 31.0 Å². The number of rotatable bonds is 4. The molecule has 0 unspecified atom stereocenters. The fourth-order valence-corrected chi connectivity index (χ4v) is 3.20. The molecule has 1 fully saturated rings. The van der Waals surface area contributed by atoms with E-state index < -0.39 is 5.43 Å². The Morgan fingerprint density at radius 1 is 1.16 bits per heavy atom. The highest BCUT2D eigenvalue weighted by molar-refractivity contribution is 5.56. The van der Waals surface area contributed by atoms with E-state index in [1.807, 2.05) is 0 Å². The third-order valence-corrected chi connectivity index (χ3v) is 4.86. The number of hydrogen-bond donors (Lipinski definition) is 2. The van der Waals surface area contributed by atoms with E-state index in [0.717, 1.165) is 32.2 Å². The number of hydrogen-bond acceptors (Lipinski definition) is 6. The zero-order valence-corrected chi connectivity index (χ0v) is 14.7. The van der Waals surface area contributed by atoms with Gasteiger partial charge in [0.1, 0.15) is 12.4 Å². The first-order chi connectivity index (χ1) is 12.0. The maximum Gasteiger partial charge on any atom is 0.227 e. The molecule has 1 aliphatic heterocycles. The highest BCUT2D eigenvalue weighted by atomic mass is 16.4. The molecule has 0 amide bonds. The lowest BCUT2D eigenvalue weighted by atomic mass is 10.1. The van der Waals surface area contributed by atoms with Crippen LogP contribution < -0.4 is 10.3 Å². The lowest BCUT2D eigenvalue weighted by molar-refractivity contribution is 0.200. The van der Waals surface area contributed by atoms with Gasteiger partial charge in [0.25, 0.3) is 0 Å². The molecule has 0 spiro atoms. The summed E-state index contributed by atoms with van der Waals surface area (Å²) < 4.78 is 5.43. The summed E-state index contributed by atoms with van der Waals surface area (Å²) in [6.07, 6.45) is 0. The molecule has 2 heterocycles. The fraction of sp³-hybridized carbons (Fsp3) is 0.421. The van der Waals surface area contributed by atoms with Gasteiger partial charge in [0.05, 0.1) is 6.54 Å². The summed E-state index contributed by atoms with van der Waals surface area (Å²) in [6, 6.07) is 7.47. The maximum absolute atomic E-state index is 11.7. The van der Waals surface area contributed by atoms with E-state index in [1.165, 1.54) is 16.8 Å². The van der Waals surface area contributed by atoms with E-state index in [1.54, 1.807) is 0 Å². The van der Waals surface area contributed by atoms with Gasteiger partial charge in [-0.3, -0.25) is 9.69 Å². The average Bonchev–Trinajstić information content (AvgIpc) is 2.62. The first-order valence-corrected chi connectivity index (χ1v) is 8.49. The van der Waals surface area contributed by atoms with Crippen LogP contribution in [0, 0.1) is 13.8 Å². The van der Waals surface area contributed by atoms with Crippen molar-refractivity contribution >= 4 is 5.69 Å². The summed E-state index contributed by atoms with van der Waals surface area (Å²) in [4.78, 5) is 16.2. The number of aromatic hydroxyl groups is 1. The minimum absolute atomic E-state index is 0.173. The summed E-state index contributed by atoms with van der Waals surface area (Å²) in [5, 5.41) is 19.1. The second kappa shape index (κ2) is 7.29. The predicted molar refractivity (Wildman–Crippen MR) is 96.0 cm³/mol. The molecule has 0 aliphatic carbocycles. The van der Waals surface area contributed by atoms with Gasteiger partial charge in [-0.2, -0.15) is 0 Å². The highest BCUT2D eigenvalue weighted by Gasteiger charge is 2.21. The quantitative estimate of drug-likeness (QED) is 0.880. The summed E-state index contributed by atoms with van der Waals surface area (Å²) in [7, 11) is 0. The third kappa shape index (κ3) is 3.70. The van der Waals surface area contributed by atoms with Crippen LogP contribution >= 0.6 is 0 Å². The van der Waals surface area contributed by atoms with Gasteiger partial charge in [-0.25, -0.2) is 0 Å². The smallest absolute Gasteiger partial charge is 0.227 e. The van der Waals surface area contributed by atoms with Crippen molar-refractivity contribution in [2.45, 2.75) is 27.0 Å². The number of aliphatic hydroxyl groups excluding tert-OH is 1. The van der Waals surface area contributed by atoms with E-state index >= 15 is 0 Å². The molecule has 6 nitrogen and oxygen atoms in total. The lowest BCUT2D eigenvalue weighted by Crippen LogP contribution is -2.46. The zero-order valence-electron chi connectivity index (χ0n) is 14.7. The molecule has 1 aliphatic rings. The molecule has 134 valence electrons. The van der Waals surface area contributed by atoms with E-state index in [4.69, 9.17) is 9.52 Å². The normalized spacial score (nSPS) is 15.6. The molecule has 25 heavy (non-hydrogen) atoms. The molecule has 1 saturated heterocycles. The van der Waals surface area contributed by atoms with Crippen molar-refractivity contribution in [3.8, 4) is 5.75 Å². The number of benzene rings is 1. The first-order valence-electron chi connectivity index (χ1n) is 8.49. The van der Waals surface area contributed by atoms with Crippen LogP contribution in [0.2, 0.25) is 0 Å². The molecule has 1 aromatic carbocycles. The van der Waals surface area contributed by atoms with Crippen LogP contribution in [0.5, 0.6) is 5.75 Å². The lowest BCUT2D eigenvalue weighted by Gasteiger charge is -2.36. The minimum Gasteiger partial charge on any atom is -0.502 e. The Balaban J connectivity index is 1.68. The SMILES string of the molecule is Cc1cccc(N2CCN(Cc3oc(CO)cc(=O)c3O)CC2)c1C. The van der Waals surface area contributed by atoms with Gasteiger partial charge in [-0.1, -0.05) is 12.1 Å². The van der Waals surface area contributed by atoms with Gasteiger partial charge in [0.15, 0.2) is 5.76 Å². The minimum atomic E-state index is -0.515. The summed E-state index contributed by atoms with van der Waals surface area (Å²) in [6.45, 7) is 7.61. The van der Waals surface area contributed by atoms with Gasteiger partial charge in [-0.15, -0.1) is 0 Å². The van der Waals surface area contributed by atoms with Crippen molar-refractivity contribution in [3.63, 3.8) is 0 Å². The molecular formula is C19H24N2O4. The van der Waals surface area contributed by atoms with Crippen molar-refractivity contribution in [2.24, 2.45) is 0 Å². The Morgan fingerprint density at radius 3 is 2.56 bits per heavy atom. The molecule has 2 N–H and O–H groups in total. The number of aryl methyl sites for hydroxylation is 1. The Hall–Kier alpha value is -2.31. The second-order valence-corrected chi connectivity index (χ2v) is 6.49. The number of anilines is 1. The molecule has 0 atom stereocenters. The van der Waals surface area contributed by atoms with Crippen LogP contribution in [-0.2, 0) is 13.2 Å². The average molecular weight is 344 g/mol. The standard InChI is InChI=1S/C19H24N2O4/c1-13-4-3-5-16(14(13)2)21-8-6-20(7-9-21)11-18-19(24)17(23)10-15(12-22)25-18/h3-5,10,22,24H,6-9,11-12H2,1-2H3. The molecule has 0 radical (unpaired) electrons. The molecule has 0 bridgehead atoms. The zero-order chi connectivity index (χ0) is 18.0. The Bertz CT molecular complexity index is 808. The molecule has 6 heteroatoms. The topological polar surface area (TPSA) is 77.2 Å². The van der Waals surface area contributed by atoms with Crippen LogP contribution in [0.1, 0.15) is 22.6 Å². The van der Waals surface area contributed by atoms with Crippen LogP contribution in [0.25, 0.3) is 0 Å². The Labute approximate surface area is 146 Å². The van der Waals surface area contributed by atoms with Crippen molar-refractivity contribution < 1.29 is 14.6 Å². The van der Waals surface area contributed by atoms with Crippen LogP contribution in [0.3, 0.4) is 0 Å². The van der Waals surface area contributed by atoms with Crippen molar-refractivity contribution in [3.05, 3.63) is 57.1 Å². The van der Waals surface area contributed by atoms with Gasteiger partial charge >= 0.3 is 0 Å². The van der Waals surface area contributed by atoms with E-state index in [9.17, 15) is 9.90 Å². The van der Waals surface area contributed by atoms with Gasteiger partial charge < -0.3 is 19.5 Å². The predicted octanol–water partition coefficient (Wildman–Crippen LogP) is 1.78. The number of aliphatic hydroxyl groups is 1. The first kappa shape index (κ1) is 17.5. The monoisotopic (exact) mass is 344 g/mol. The molecule has 3 rings (SSSR count). The van der Waals surface area contributed by atoms with E-state index in [2.05, 4.69) is 41.8 Å². The van der Waals surface area contributed by atoms with Crippen LogP contribution in [0.4, 0.5) is 5.69 Å². The van der Waals surface area contributed by atoms with Crippen molar-refractivity contribution in [1.82, 2.24) is 4.90 Å². The van der Waals surface area contributed by atoms with E-state index in [-0.39, 0.29) is 23.9 Å². The number of nitrogens with zero attached hydrogens (tertiary/aromatic N) is 2. The molecule has 1 aromatic heterocycles. The van der Waals surface area contributed by atoms with Crippen molar-refractivity contribution in [2.75, 3.05) is 31.1 Å². The molecule has 2 aromatic rings. The third-order valence-electron chi connectivity index (χ3n) is 4.86. The summed E-state index contributed by atoms with van der Waals surface area (Å²) in [5.74, 6) is 0.0257. The van der Waals surface area contributed by atoms with Crippen LogP contribution in [0.15, 0.2) is 33.5 Å². The second-order valence-electron chi connectivity index (χ2n) is 6.49. The Morgan fingerprint density at radius 2 is 1.88 bits per heavy atom. The largest absolute Gasteiger partial charge is 0.502 e. The maximum atomic E-state index is 11.7. The molecule has 0 saturated carbocycles. The highest BCUT2D eigenvalue weighted by Crippen LogP contribution is 2.24. The fourth-order valence-electron chi connectivity index (χ4n) is 3.20. The summed E-state index contributed by atoms with van der Waals surface area (Å²) in [5.41, 5.74) is 3.33. The van der Waals surface area contributed by atoms with Gasteiger partial charge in [0.2, 0.25) is 11.2 Å². The van der Waals surface area contributed by atoms with Crippen molar-refractivity contribution in [1.29, 1.82) is 0 Å². The summed E-state index contributed by atoms with van der Waals surface area (Å²) >= 11 is 0. The molecular weight excluding hydrogens is 320 g/mol. The van der Waals surface area contributed by atoms with Gasteiger partial charge in [0, 0.05) is 37.9 Å². The number of piperazine rings is 1.